The van der Waals surface area contributed by atoms with E-state index >= 15 is 0 Å². The second-order valence-corrected chi connectivity index (χ2v) is 7.35. The Kier molecular flexibility index (Phi) is 3.47. The molecule has 2 N–H and O–H groups in total. The second kappa shape index (κ2) is 6.28. The van der Waals surface area contributed by atoms with E-state index in [2.05, 4.69) is 35.1 Å². The Balaban J connectivity index is 1.53. The fourth-order valence-electron chi connectivity index (χ4n) is 3.32. The van der Waals surface area contributed by atoms with E-state index in [-0.39, 0.29) is 0 Å². The summed E-state index contributed by atoms with van der Waals surface area (Å²) in [7, 11) is 0. The summed E-state index contributed by atoms with van der Waals surface area (Å²) in [6.07, 6.45) is 8.55. The van der Waals surface area contributed by atoms with Crippen LogP contribution in [0.4, 0.5) is 0 Å². The number of thiophene rings is 1. The van der Waals surface area contributed by atoms with Gasteiger partial charge in [-0.1, -0.05) is 6.07 Å². The van der Waals surface area contributed by atoms with Crippen molar-refractivity contribution in [2.24, 2.45) is 0 Å². The van der Waals surface area contributed by atoms with Gasteiger partial charge < -0.3 is 4.98 Å². The van der Waals surface area contributed by atoms with Gasteiger partial charge in [-0.05, 0) is 23.6 Å². The van der Waals surface area contributed by atoms with Crippen molar-refractivity contribution in [3.63, 3.8) is 0 Å². The number of nitrogens with one attached hydrogen (secondary N) is 2. The van der Waals surface area contributed by atoms with Crippen molar-refractivity contribution >= 4 is 33.4 Å². The molecule has 6 aromatic rings. The maximum Gasteiger partial charge on any atom is 0.181 e. The van der Waals surface area contributed by atoms with Crippen LogP contribution in [-0.4, -0.2) is 40.1 Å². The highest BCUT2D eigenvalue weighted by molar-refractivity contribution is 7.13. The van der Waals surface area contributed by atoms with Gasteiger partial charge in [-0.15, -0.1) is 11.3 Å². The molecular formula is C20H12N8S. The van der Waals surface area contributed by atoms with Crippen molar-refractivity contribution < 1.29 is 0 Å². The summed E-state index contributed by atoms with van der Waals surface area (Å²) in [6.45, 7) is 0. The number of aromatic amines is 2. The molecule has 0 aliphatic carbocycles. The van der Waals surface area contributed by atoms with Crippen molar-refractivity contribution in [3.05, 3.63) is 60.6 Å². The van der Waals surface area contributed by atoms with E-state index in [1.807, 2.05) is 29.6 Å². The van der Waals surface area contributed by atoms with E-state index in [0.717, 1.165) is 43.9 Å². The molecule has 6 aromatic heterocycles. The predicted molar refractivity (Wildman–Crippen MR) is 111 cm³/mol. The van der Waals surface area contributed by atoms with Crippen LogP contribution < -0.4 is 0 Å². The number of fused-ring (bicyclic) bond motifs is 2. The lowest BCUT2D eigenvalue weighted by molar-refractivity contribution is 1.09. The van der Waals surface area contributed by atoms with Crippen LogP contribution in [0.25, 0.3) is 55.4 Å². The van der Waals surface area contributed by atoms with Gasteiger partial charge in [0.15, 0.2) is 11.5 Å². The SMILES string of the molecule is c1csc(-c2nccc3[nH]c(-c4[nH]nc5ncc(-c6cnccn6)cc45)nc23)c1. The zero-order valence-corrected chi connectivity index (χ0v) is 15.7. The fourth-order valence-corrected chi connectivity index (χ4v) is 4.04. The molecule has 0 saturated heterocycles. The minimum Gasteiger partial charge on any atom is -0.337 e. The molecule has 138 valence electrons. The standard InChI is InChI=1S/C20H12N8S/c1-2-15(29-7-1)18-17-13(3-4-23-18)25-20(26-17)16-12-8-11(9-24-19(12)28-27-16)14-10-21-5-6-22-14/h1-10H,(H,25,26)(H,24,27,28). The highest BCUT2D eigenvalue weighted by Gasteiger charge is 2.17. The van der Waals surface area contributed by atoms with E-state index in [1.165, 1.54) is 0 Å². The van der Waals surface area contributed by atoms with Crippen molar-refractivity contribution in [3.8, 4) is 33.3 Å². The lowest BCUT2D eigenvalue weighted by Gasteiger charge is -1.99. The largest absolute Gasteiger partial charge is 0.337 e. The molecule has 29 heavy (non-hydrogen) atoms. The first-order chi connectivity index (χ1) is 14.4. The smallest absolute Gasteiger partial charge is 0.181 e. The highest BCUT2D eigenvalue weighted by atomic mass is 32.1. The van der Waals surface area contributed by atoms with Gasteiger partial charge in [0.1, 0.15) is 16.9 Å². The predicted octanol–water partition coefficient (Wildman–Crippen LogP) is 4.08. The maximum atomic E-state index is 4.83. The summed E-state index contributed by atoms with van der Waals surface area (Å²) < 4.78 is 0. The van der Waals surface area contributed by atoms with Crippen LogP contribution in [0.15, 0.2) is 60.6 Å². The first-order valence-corrected chi connectivity index (χ1v) is 9.74. The molecule has 0 aliphatic heterocycles. The minimum atomic E-state index is 0.615. The molecule has 9 heteroatoms. The first kappa shape index (κ1) is 16.0. The Morgan fingerprint density at radius 3 is 2.83 bits per heavy atom. The summed E-state index contributed by atoms with van der Waals surface area (Å²) in [6, 6.07) is 7.97. The molecule has 6 heterocycles. The van der Waals surface area contributed by atoms with Gasteiger partial charge in [0.2, 0.25) is 0 Å². The quantitative estimate of drug-likeness (QED) is 0.466. The van der Waals surface area contributed by atoms with Crippen molar-refractivity contribution in [2.45, 2.75) is 0 Å². The zero-order valence-electron chi connectivity index (χ0n) is 14.9. The highest BCUT2D eigenvalue weighted by Crippen LogP contribution is 2.32. The number of rotatable bonds is 3. The van der Waals surface area contributed by atoms with Crippen molar-refractivity contribution in [2.75, 3.05) is 0 Å². The van der Waals surface area contributed by atoms with Crippen LogP contribution in [0, 0.1) is 0 Å². The summed E-state index contributed by atoms with van der Waals surface area (Å²) >= 11 is 1.64. The third kappa shape index (κ3) is 2.59. The fraction of sp³-hybridized carbons (Fsp3) is 0. The summed E-state index contributed by atoms with van der Waals surface area (Å²) in [5.41, 5.74) is 5.61. The van der Waals surface area contributed by atoms with Gasteiger partial charge in [-0.25, -0.2) is 9.97 Å². The summed E-state index contributed by atoms with van der Waals surface area (Å²) in [4.78, 5) is 26.8. The number of nitrogens with zero attached hydrogens (tertiary/aromatic N) is 6. The molecule has 0 spiro atoms. The van der Waals surface area contributed by atoms with Crippen LogP contribution in [0.2, 0.25) is 0 Å². The Bertz CT molecular complexity index is 1450. The van der Waals surface area contributed by atoms with Gasteiger partial charge in [0.05, 0.1) is 27.7 Å². The number of pyridine rings is 2. The Labute approximate surface area is 167 Å². The lowest BCUT2D eigenvalue weighted by atomic mass is 10.1. The van der Waals surface area contributed by atoms with Crippen molar-refractivity contribution in [1.82, 2.24) is 40.1 Å². The van der Waals surface area contributed by atoms with E-state index in [9.17, 15) is 0 Å². The van der Waals surface area contributed by atoms with Crippen LogP contribution in [-0.2, 0) is 0 Å². The van der Waals surface area contributed by atoms with E-state index in [0.29, 0.717) is 11.5 Å². The molecule has 0 radical (unpaired) electrons. The second-order valence-electron chi connectivity index (χ2n) is 6.40. The monoisotopic (exact) mass is 396 g/mol. The van der Waals surface area contributed by atoms with Crippen molar-refractivity contribution in [1.29, 1.82) is 0 Å². The Morgan fingerprint density at radius 1 is 0.966 bits per heavy atom. The summed E-state index contributed by atoms with van der Waals surface area (Å²) in [5.74, 6) is 0.686. The lowest BCUT2D eigenvalue weighted by Crippen LogP contribution is -1.87. The number of H-pyrrole nitrogens is 2. The number of aromatic nitrogens is 8. The normalized spacial score (nSPS) is 11.4. The summed E-state index contributed by atoms with van der Waals surface area (Å²) in [5, 5.41) is 10.3. The average molecular weight is 396 g/mol. The van der Waals surface area contributed by atoms with E-state index < -0.39 is 0 Å². The molecule has 0 amide bonds. The van der Waals surface area contributed by atoms with Crippen LogP contribution in [0.5, 0.6) is 0 Å². The molecule has 0 atom stereocenters. The number of imidazole rings is 1. The van der Waals surface area contributed by atoms with Crippen LogP contribution in [0.1, 0.15) is 0 Å². The van der Waals surface area contributed by atoms with Crippen LogP contribution in [0.3, 0.4) is 0 Å². The average Bonchev–Trinajstić information content (AvgIpc) is 3.52. The molecule has 6 rings (SSSR count). The molecule has 0 bridgehead atoms. The van der Waals surface area contributed by atoms with Gasteiger partial charge >= 0.3 is 0 Å². The Morgan fingerprint density at radius 2 is 1.97 bits per heavy atom. The topological polar surface area (TPSA) is 109 Å². The third-order valence-electron chi connectivity index (χ3n) is 4.66. The third-order valence-corrected chi connectivity index (χ3v) is 5.54. The molecule has 0 aliphatic rings. The molecular weight excluding hydrogens is 384 g/mol. The molecule has 8 nitrogen and oxygen atoms in total. The van der Waals surface area contributed by atoms with Gasteiger partial charge in [-0.3, -0.25) is 20.1 Å². The maximum absolute atomic E-state index is 4.83. The Hall–Kier alpha value is -3.98. The van der Waals surface area contributed by atoms with E-state index in [1.54, 1.807) is 42.3 Å². The molecule has 0 fully saturated rings. The number of hydrogen-bond acceptors (Lipinski definition) is 7. The van der Waals surface area contributed by atoms with E-state index in [4.69, 9.17) is 4.98 Å². The zero-order chi connectivity index (χ0) is 19.2. The number of hydrogen-bond donors (Lipinski definition) is 2. The first-order valence-electron chi connectivity index (χ1n) is 8.86. The van der Waals surface area contributed by atoms with Gasteiger partial charge in [0.25, 0.3) is 0 Å². The molecule has 0 aromatic carbocycles. The molecule has 0 unspecified atom stereocenters. The van der Waals surface area contributed by atoms with Gasteiger partial charge in [-0.2, -0.15) is 5.10 Å². The van der Waals surface area contributed by atoms with Crippen LogP contribution >= 0.6 is 11.3 Å². The molecule has 0 saturated carbocycles. The minimum absolute atomic E-state index is 0.615. The van der Waals surface area contributed by atoms with Gasteiger partial charge in [0, 0.05) is 30.4 Å².